The Morgan fingerprint density at radius 2 is 1.50 bits per heavy atom. The van der Waals surface area contributed by atoms with Gasteiger partial charge >= 0.3 is 12.2 Å². The van der Waals surface area contributed by atoms with Crippen LogP contribution in [0.4, 0.5) is 33.1 Å². The summed E-state index contributed by atoms with van der Waals surface area (Å²) < 4.78 is 87.6. The minimum absolute atomic E-state index is 0.0750. The second-order valence-electron chi connectivity index (χ2n) is 15.1. The van der Waals surface area contributed by atoms with Crippen molar-refractivity contribution in [2.45, 2.75) is 117 Å². The van der Waals surface area contributed by atoms with E-state index in [0.29, 0.717) is 23.0 Å². The molecule has 4 aromatic rings. The predicted octanol–water partition coefficient (Wildman–Crippen LogP) is 10.1. The van der Waals surface area contributed by atoms with Crippen LogP contribution in [0.1, 0.15) is 81.2 Å². The van der Waals surface area contributed by atoms with Crippen molar-refractivity contribution < 1.29 is 45.8 Å². The summed E-state index contributed by atoms with van der Waals surface area (Å²) in [5.41, 5.74) is -3.70. The average Bonchev–Trinajstić information content (AvgIpc) is 3.50. The maximum absolute atomic E-state index is 16.3. The lowest BCUT2D eigenvalue weighted by atomic mass is 9.88. The number of hydrogen-bond donors (Lipinski definition) is 0. The van der Waals surface area contributed by atoms with Crippen molar-refractivity contribution in [3.05, 3.63) is 72.2 Å². The highest BCUT2D eigenvalue weighted by Crippen LogP contribution is 2.46. The third-order valence-electron chi connectivity index (χ3n) is 8.97. The number of imide groups is 1. The third-order valence-corrected chi connectivity index (χ3v) is 13.7. The molecule has 0 aliphatic carbocycles. The molecular weight excluding hydrogens is 727 g/mol. The van der Waals surface area contributed by atoms with Crippen LogP contribution in [0, 0.1) is 11.6 Å². The zero-order valence-corrected chi connectivity index (χ0v) is 33.4. The molecule has 54 heavy (non-hydrogen) atoms. The number of halogens is 4. The highest BCUT2D eigenvalue weighted by molar-refractivity contribution is 6.73. The van der Waals surface area contributed by atoms with E-state index in [9.17, 15) is 9.59 Å². The van der Waals surface area contributed by atoms with Gasteiger partial charge in [0.25, 0.3) is 11.9 Å². The minimum Gasteiger partial charge on any atom is -0.487 e. The van der Waals surface area contributed by atoms with E-state index in [1.165, 1.54) is 54.3 Å². The van der Waals surface area contributed by atoms with Gasteiger partial charge in [0.1, 0.15) is 16.8 Å². The molecule has 1 aromatic carbocycles. The van der Waals surface area contributed by atoms with E-state index in [0.717, 1.165) is 6.07 Å². The highest BCUT2D eigenvalue weighted by Gasteiger charge is 2.55. The van der Waals surface area contributed by atoms with E-state index in [4.69, 9.17) is 18.6 Å². The number of amides is 2. The lowest BCUT2D eigenvalue weighted by molar-refractivity contribution is -0.175. The molecule has 3 aromatic heterocycles. The van der Waals surface area contributed by atoms with Crippen LogP contribution < -0.4 is 9.64 Å². The monoisotopic (exact) mass is 775 g/mol. The Bertz CT molecular complexity index is 1910. The van der Waals surface area contributed by atoms with Crippen LogP contribution >= 0.6 is 0 Å². The summed E-state index contributed by atoms with van der Waals surface area (Å²) in [6, 6.07) is 9.92. The molecule has 16 heteroatoms. The first-order valence-corrected chi connectivity index (χ1v) is 20.3. The van der Waals surface area contributed by atoms with Gasteiger partial charge in [0.2, 0.25) is 0 Å². The highest BCUT2D eigenvalue weighted by atomic mass is 28.4. The molecule has 0 bridgehead atoms. The molecule has 11 nitrogen and oxygen atoms in total. The number of benzene rings is 1. The van der Waals surface area contributed by atoms with Crippen LogP contribution in [0.25, 0.3) is 16.8 Å². The van der Waals surface area contributed by atoms with E-state index >= 15 is 17.6 Å². The molecule has 0 saturated carbocycles. The number of pyridine rings is 2. The molecule has 1 unspecified atom stereocenters. The number of fused-ring (bicyclic) bond motifs is 1. The summed E-state index contributed by atoms with van der Waals surface area (Å²) in [4.78, 5) is 35.1. The van der Waals surface area contributed by atoms with Crippen molar-refractivity contribution in [2.75, 3.05) is 11.5 Å². The van der Waals surface area contributed by atoms with Crippen molar-refractivity contribution in [1.82, 2.24) is 19.6 Å². The Hall–Kier alpha value is -4.57. The van der Waals surface area contributed by atoms with E-state index in [2.05, 4.69) is 15.1 Å². The molecular formula is C38H49F4N5O6Si. The fraction of sp³-hybridized carbons (Fsp3) is 0.500. The van der Waals surface area contributed by atoms with Gasteiger partial charge in [-0.05, 0) is 102 Å². The molecule has 0 spiro atoms. The van der Waals surface area contributed by atoms with Crippen LogP contribution in [-0.4, -0.2) is 63.8 Å². The van der Waals surface area contributed by atoms with Gasteiger partial charge in [-0.25, -0.2) is 31.7 Å². The van der Waals surface area contributed by atoms with Gasteiger partial charge in [0.05, 0.1) is 6.61 Å². The molecule has 0 aliphatic heterocycles. The van der Waals surface area contributed by atoms with E-state index < -0.39 is 73.6 Å². The molecule has 0 saturated heterocycles. The smallest absolute Gasteiger partial charge is 0.427 e. The first-order valence-electron chi connectivity index (χ1n) is 17.8. The topological polar surface area (TPSA) is 117 Å². The largest absolute Gasteiger partial charge is 0.487 e. The third kappa shape index (κ3) is 9.37. The molecule has 0 fully saturated rings. The number of ether oxygens (including phenoxy) is 3. The van der Waals surface area contributed by atoms with Crippen LogP contribution in [0.5, 0.6) is 5.75 Å². The lowest BCUT2D eigenvalue weighted by Gasteiger charge is -2.44. The minimum atomic E-state index is -3.53. The van der Waals surface area contributed by atoms with Gasteiger partial charge in [-0.3, -0.25) is 4.98 Å². The SMILES string of the molecule is CC[Si](CC)(CC)OC(C)(c1cccnc1)C(F)(F)CCOc1c(F)ccc(-c2ccn3nc(N(C(=O)OC(C)(C)C)C(=O)OC(C)(C)C)nc3c2)c1F. The van der Waals surface area contributed by atoms with Crippen molar-refractivity contribution in [3.8, 4) is 16.9 Å². The van der Waals surface area contributed by atoms with Crippen LogP contribution in [-0.2, 0) is 19.5 Å². The summed E-state index contributed by atoms with van der Waals surface area (Å²) in [6.07, 6.45) is 1.14. The van der Waals surface area contributed by atoms with E-state index in [1.807, 2.05) is 20.8 Å². The van der Waals surface area contributed by atoms with Crippen molar-refractivity contribution in [2.24, 2.45) is 0 Å². The number of aromatic nitrogens is 4. The van der Waals surface area contributed by atoms with Crippen LogP contribution in [0.3, 0.4) is 0 Å². The van der Waals surface area contributed by atoms with Crippen molar-refractivity contribution >= 4 is 32.1 Å². The predicted molar refractivity (Wildman–Crippen MR) is 198 cm³/mol. The fourth-order valence-electron chi connectivity index (χ4n) is 5.78. The van der Waals surface area contributed by atoms with Gasteiger partial charge < -0.3 is 18.6 Å². The zero-order valence-electron chi connectivity index (χ0n) is 32.4. The molecule has 4 rings (SSSR count). The second kappa shape index (κ2) is 16.0. The lowest BCUT2D eigenvalue weighted by Crippen LogP contribution is -2.53. The molecule has 1 atom stereocenters. The zero-order chi connectivity index (χ0) is 40.3. The van der Waals surface area contributed by atoms with E-state index in [-0.39, 0.29) is 28.3 Å². The Balaban J connectivity index is 1.63. The number of alkyl halides is 2. The second-order valence-corrected chi connectivity index (χ2v) is 19.8. The fourth-order valence-corrected chi connectivity index (χ4v) is 8.85. The normalized spacial score (nSPS) is 13.7. The van der Waals surface area contributed by atoms with Crippen molar-refractivity contribution in [1.29, 1.82) is 0 Å². The number of rotatable bonds is 13. The molecule has 294 valence electrons. The van der Waals surface area contributed by atoms with Gasteiger partial charge in [0, 0.05) is 36.1 Å². The summed E-state index contributed by atoms with van der Waals surface area (Å²) >= 11 is 0. The Kier molecular flexibility index (Phi) is 12.5. The molecule has 0 radical (unpaired) electrons. The summed E-state index contributed by atoms with van der Waals surface area (Å²) in [6.45, 7) is 16.1. The standard InChI is InChI=1S/C38H49F4N5O6Si/c1-11-54(12-2,13-3)53-37(10,26-15-14-20-43-24-26)38(41,42)19-22-50-31-28(39)17-16-27(30(31)40)25-18-21-46-29(23-25)44-32(45-46)47(33(48)51-35(4,5)6)34(49)52-36(7,8)9/h14-18,20-21,23-24H,11-13,19,22H2,1-10H3. The Morgan fingerprint density at radius 1 is 0.889 bits per heavy atom. The molecule has 0 N–H and O–H groups in total. The van der Waals surface area contributed by atoms with Crippen LogP contribution in [0.15, 0.2) is 55.0 Å². The maximum Gasteiger partial charge on any atom is 0.427 e. The average molecular weight is 776 g/mol. The first kappa shape index (κ1) is 42.2. The van der Waals surface area contributed by atoms with Gasteiger partial charge in [-0.2, -0.15) is 4.98 Å². The van der Waals surface area contributed by atoms with Crippen LogP contribution in [0.2, 0.25) is 18.1 Å². The van der Waals surface area contributed by atoms with Crippen molar-refractivity contribution in [3.63, 3.8) is 0 Å². The quantitative estimate of drug-likeness (QED) is 0.0966. The summed E-state index contributed by atoms with van der Waals surface area (Å²) in [5, 5.41) is 4.22. The first-order chi connectivity index (χ1) is 25.1. The number of carbonyl (C=O) groups is 2. The Labute approximate surface area is 314 Å². The molecule has 0 aliphatic rings. The number of hydrogen-bond acceptors (Lipinski definition) is 9. The number of carbonyl (C=O) groups excluding carboxylic acids is 2. The molecule has 2 amide bonds. The molecule has 3 heterocycles. The summed E-state index contributed by atoms with van der Waals surface area (Å²) in [7, 11) is -2.60. The van der Waals surface area contributed by atoms with Gasteiger partial charge in [-0.15, -0.1) is 10.00 Å². The van der Waals surface area contributed by atoms with Gasteiger partial charge in [0.15, 0.2) is 31.3 Å². The van der Waals surface area contributed by atoms with Gasteiger partial charge in [-0.1, -0.05) is 26.8 Å². The Morgan fingerprint density at radius 3 is 2.04 bits per heavy atom. The number of anilines is 1. The van der Waals surface area contributed by atoms with E-state index in [1.54, 1.807) is 47.6 Å². The maximum atomic E-state index is 16.3. The number of nitrogens with zero attached hydrogens (tertiary/aromatic N) is 5. The summed E-state index contributed by atoms with van der Waals surface area (Å²) in [5.74, 6) is -6.96.